The fourth-order valence-electron chi connectivity index (χ4n) is 1.63. The van der Waals surface area contributed by atoms with Gasteiger partial charge in [-0.3, -0.25) is 9.59 Å². The molecule has 1 aromatic heterocycles. The van der Waals surface area contributed by atoms with Crippen molar-refractivity contribution in [2.45, 2.75) is 13.0 Å². The van der Waals surface area contributed by atoms with Gasteiger partial charge in [-0.2, -0.15) is 0 Å². The van der Waals surface area contributed by atoms with Crippen molar-refractivity contribution in [2.24, 2.45) is 0 Å². The molecule has 1 atom stereocenters. The quantitative estimate of drug-likeness (QED) is 0.826. The molecule has 0 aliphatic rings. The number of nitrogens with zero attached hydrogens (tertiary/aromatic N) is 2. The summed E-state index contributed by atoms with van der Waals surface area (Å²) in [7, 11) is 1.52. The van der Waals surface area contributed by atoms with Gasteiger partial charge in [0.25, 0.3) is 0 Å². The smallest absolute Gasteiger partial charge is 0.323 e. The molecule has 2 N–H and O–H groups in total. The van der Waals surface area contributed by atoms with Crippen LogP contribution in [0, 0.1) is 0 Å². The first-order valence-electron chi connectivity index (χ1n) is 5.81. The van der Waals surface area contributed by atoms with Crippen LogP contribution >= 0.6 is 11.3 Å². The first kappa shape index (κ1) is 16.0. The van der Waals surface area contributed by atoms with E-state index in [1.54, 1.807) is 6.92 Å². The second-order valence-corrected chi connectivity index (χ2v) is 5.21. The maximum atomic E-state index is 12.2. The van der Waals surface area contributed by atoms with Crippen molar-refractivity contribution in [1.82, 2.24) is 9.80 Å². The summed E-state index contributed by atoms with van der Waals surface area (Å²) in [4.78, 5) is 36.7. The average Bonchev–Trinajstić information content (AvgIpc) is 2.88. The minimum absolute atomic E-state index is 0.257. The molecule has 8 heteroatoms. The predicted octanol–water partition coefficient (Wildman–Crippen LogP) is 1.33. The van der Waals surface area contributed by atoms with Crippen LogP contribution in [-0.4, -0.2) is 58.1 Å². The summed E-state index contributed by atoms with van der Waals surface area (Å²) in [6.07, 6.45) is 0. The van der Waals surface area contributed by atoms with Gasteiger partial charge in [0.2, 0.25) is 0 Å². The molecule has 0 bridgehead atoms. The molecule has 110 valence electrons. The standard InChI is InChI=1S/C12H16N2O5S/c1-8(9-4-3-5-20-9)13(2)12(19)14(6-10(15)16)7-11(17)18/h3-5,8H,6-7H2,1-2H3,(H,15,16)(H,17,18). The maximum absolute atomic E-state index is 12.2. The summed E-state index contributed by atoms with van der Waals surface area (Å²) in [6, 6.07) is 2.82. The normalized spacial score (nSPS) is 11.7. The molecule has 1 rings (SSSR count). The minimum atomic E-state index is -1.25. The molecule has 0 saturated heterocycles. The minimum Gasteiger partial charge on any atom is -0.480 e. The number of aliphatic carboxylic acids is 2. The molecule has 2 amide bonds. The zero-order valence-electron chi connectivity index (χ0n) is 11.1. The van der Waals surface area contributed by atoms with Crippen molar-refractivity contribution in [3.05, 3.63) is 22.4 Å². The lowest BCUT2D eigenvalue weighted by molar-refractivity contribution is -0.140. The van der Waals surface area contributed by atoms with Crippen molar-refractivity contribution in [3.8, 4) is 0 Å². The van der Waals surface area contributed by atoms with Crippen LogP contribution < -0.4 is 0 Å². The topological polar surface area (TPSA) is 98.2 Å². The number of carbonyl (C=O) groups is 3. The zero-order valence-corrected chi connectivity index (χ0v) is 12.0. The lowest BCUT2D eigenvalue weighted by Crippen LogP contribution is -2.46. The molecule has 1 unspecified atom stereocenters. The lowest BCUT2D eigenvalue weighted by atomic mass is 10.2. The van der Waals surface area contributed by atoms with E-state index in [0.717, 1.165) is 9.78 Å². The Morgan fingerprint density at radius 3 is 2.20 bits per heavy atom. The third kappa shape index (κ3) is 4.23. The van der Waals surface area contributed by atoms with E-state index in [4.69, 9.17) is 10.2 Å². The molecule has 0 fully saturated rings. The number of amides is 2. The van der Waals surface area contributed by atoms with Crippen LogP contribution in [-0.2, 0) is 9.59 Å². The van der Waals surface area contributed by atoms with Gasteiger partial charge in [-0.25, -0.2) is 4.79 Å². The highest BCUT2D eigenvalue weighted by molar-refractivity contribution is 7.10. The Morgan fingerprint density at radius 1 is 1.25 bits per heavy atom. The van der Waals surface area contributed by atoms with Crippen LogP contribution in [0.4, 0.5) is 4.79 Å². The molecule has 0 aliphatic carbocycles. The number of rotatable bonds is 6. The van der Waals surface area contributed by atoms with Crippen LogP contribution in [0.5, 0.6) is 0 Å². The van der Waals surface area contributed by atoms with Crippen molar-refractivity contribution in [1.29, 1.82) is 0 Å². The summed E-state index contributed by atoms with van der Waals surface area (Å²) in [5.74, 6) is -2.51. The van der Waals surface area contributed by atoms with Crippen molar-refractivity contribution in [2.75, 3.05) is 20.1 Å². The Bertz CT molecular complexity index is 472. The summed E-state index contributed by atoms with van der Waals surface area (Å²) < 4.78 is 0. The van der Waals surface area contributed by atoms with Crippen molar-refractivity contribution < 1.29 is 24.6 Å². The number of hydrogen-bond acceptors (Lipinski definition) is 4. The van der Waals surface area contributed by atoms with Gasteiger partial charge in [0, 0.05) is 11.9 Å². The zero-order chi connectivity index (χ0) is 15.3. The fraction of sp³-hybridized carbons (Fsp3) is 0.417. The molecule has 1 heterocycles. The Kier molecular flexibility index (Phi) is 5.51. The molecule has 0 aliphatic heterocycles. The van der Waals surface area contributed by atoms with Gasteiger partial charge in [-0.05, 0) is 18.4 Å². The van der Waals surface area contributed by atoms with E-state index in [2.05, 4.69) is 0 Å². The van der Waals surface area contributed by atoms with Gasteiger partial charge >= 0.3 is 18.0 Å². The monoisotopic (exact) mass is 300 g/mol. The molecule has 7 nitrogen and oxygen atoms in total. The summed E-state index contributed by atoms with van der Waals surface area (Å²) >= 11 is 1.47. The molecular weight excluding hydrogens is 284 g/mol. The number of thiophene rings is 1. The Hall–Kier alpha value is -2.09. The van der Waals surface area contributed by atoms with E-state index < -0.39 is 31.1 Å². The Balaban J connectivity index is 2.82. The van der Waals surface area contributed by atoms with Crippen LogP contribution in [0.15, 0.2) is 17.5 Å². The second-order valence-electron chi connectivity index (χ2n) is 4.23. The second kappa shape index (κ2) is 6.90. The molecule has 0 aromatic carbocycles. The van der Waals surface area contributed by atoms with Gasteiger partial charge in [0.05, 0.1) is 6.04 Å². The van der Waals surface area contributed by atoms with Crippen molar-refractivity contribution >= 4 is 29.3 Å². The van der Waals surface area contributed by atoms with Gasteiger partial charge in [0.1, 0.15) is 13.1 Å². The Morgan fingerprint density at radius 2 is 1.80 bits per heavy atom. The third-order valence-corrected chi connectivity index (χ3v) is 3.80. The van der Waals surface area contributed by atoms with Crippen molar-refractivity contribution in [3.63, 3.8) is 0 Å². The van der Waals surface area contributed by atoms with Gasteiger partial charge in [-0.1, -0.05) is 6.07 Å². The Labute approximate surface area is 120 Å². The first-order chi connectivity index (χ1) is 9.32. The number of hydrogen-bond donors (Lipinski definition) is 2. The highest BCUT2D eigenvalue weighted by Crippen LogP contribution is 2.24. The van der Waals surface area contributed by atoms with Crippen LogP contribution in [0.2, 0.25) is 0 Å². The summed E-state index contributed by atoms with van der Waals surface area (Å²) in [6.45, 7) is 0.503. The predicted molar refractivity (Wildman–Crippen MR) is 72.7 cm³/mol. The number of carboxylic acids is 2. The van der Waals surface area contributed by atoms with Crippen LogP contribution in [0.1, 0.15) is 17.8 Å². The molecule has 0 saturated carbocycles. The summed E-state index contributed by atoms with van der Waals surface area (Å²) in [5, 5.41) is 19.4. The lowest BCUT2D eigenvalue weighted by Gasteiger charge is -2.29. The third-order valence-electron chi connectivity index (χ3n) is 2.76. The molecule has 0 radical (unpaired) electrons. The van der Waals surface area contributed by atoms with Crippen LogP contribution in [0.25, 0.3) is 0 Å². The van der Waals surface area contributed by atoms with Crippen LogP contribution in [0.3, 0.4) is 0 Å². The fourth-order valence-corrected chi connectivity index (χ4v) is 2.45. The van der Waals surface area contributed by atoms with Gasteiger partial charge in [0.15, 0.2) is 0 Å². The molecule has 0 spiro atoms. The average molecular weight is 300 g/mol. The van der Waals surface area contributed by atoms with E-state index in [1.807, 2.05) is 17.5 Å². The van der Waals surface area contributed by atoms with E-state index >= 15 is 0 Å². The van der Waals surface area contributed by atoms with E-state index in [0.29, 0.717) is 0 Å². The maximum Gasteiger partial charge on any atom is 0.323 e. The number of urea groups is 1. The number of carboxylic acid groups (broad SMARTS) is 2. The molecular formula is C12H16N2O5S. The van der Waals surface area contributed by atoms with E-state index in [1.165, 1.54) is 23.3 Å². The summed E-state index contributed by atoms with van der Waals surface area (Å²) in [5.41, 5.74) is 0. The van der Waals surface area contributed by atoms with E-state index in [-0.39, 0.29) is 6.04 Å². The molecule has 20 heavy (non-hydrogen) atoms. The van der Waals surface area contributed by atoms with Gasteiger partial charge < -0.3 is 20.0 Å². The van der Waals surface area contributed by atoms with Gasteiger partial charge in [-0.15, -0.1) is 11.3 Å². The first-order valence-corrected chi connectivity index (χ1v) is 6.69. The largest absolute Gasteiger partial charge is 0.480 e. The number of carbonyl (C=O) groups excluding carboxylic acids is 1. The SMILES string of the molecule is CC(c1cccs1)N(C)C(=O)N(CC(=O)O)CC(=O)O. The van der Waals surface area contributed by atoms with E-state index in [9.17, 15) is 14.4 Å². The highest BCUT2D eigenvalue weighted by Gasteiger charge is 2.26. The molecule has 1 aromatic rings. The highest BCUT2D eigenvalue weighted by atomic mass is 32.1.